The maximum absolute atomic E-state index is 5.90. The Morgan fingerprint density at radius 3 is 1.29 bits per heavy atom. The summed E-state index contributed by atoms with van der Waals surface area (Å²) in [7, 11) is 0. The van der Waals surface area contributed by atoms with Crippen molar-refractivity contribution in [1.82, 2.24) is 0 Å². The molecule has 17 heavy (non-hydrogen) atoms. The predicted octanol–water partition coefficient (Wildman–Crippen LogP) is -3.44. The zero-order valence-corrected chi connectivity index (χ0v) is 11.3. The molecule has 4 heteroatoms. The van der Waals surface area contributed by atoms with Crippen LogP contribution in [0.4, 0.5) is 0 Å². The lowest BCUT2D eigenvalue weighted by Crippen LogP contribution is -2.48. The number of hydrogen-bond acceptors (Lipinski definition) is 0. The predicted molar refractivity (Wildman–Crippen MR) is 71.4 cm³/mol. The quantitative estimate of drug-likeness (QED) is 0.286. The van der Waals surface area contributed by atoms with Gasteiger partial charge in [-0.05, 0) is 6.42 Å². The van der Waals surface area contributed by atoms with E-state index in [1.165, 1.54) is 0 Å². The molecule has 0 saturated heterocycles. The first-order chi connectivity index (χ1) is 7.99. The molecule has 0 saturated carbocycles. The van der Waals surface area contributed by atoms with Crippen LogP contribution in [0, 0.1) is 0 Å². The standard InChI is InChI=1S/C13H24N4/c1-3-10(14)8-12(16)6-5-7-13(17)9-11(15)4-2/h14-17H,3-9H2,1-2H3/p+4. The molecular formula is C13H28N4+4. The second kappa shape index (κ2) is 8.79. The first kappa shape index (κ1) is 15.7. The van der Waals surface area contributed by atoms with Crippen LogP contribution >= 0.6 is 0 Å². The molecule has 0 atom stereocenters. The minimum absolute atomic E-state index is 0.736. The highest BCUT2D eigenvalue weighted by molar-refractivity contribution is 6.00. The van der Waals surface area contributed by atoms with Gasteiger partial charge in [-0.3, -0.25) is 21.6 Å². The highest BCUT2D eigenvalue weighted by Crippen LogP contribution is 2.01. The molecule has 0 aliphatic rings. The number of rotatable bonds is 10. The van der Waals surface area contributed by atoms with Gasteiger partial charge in [0, 0.05) is 25.7 Å². The fourth-order valence-corrected chi connectivity index (χ4v) is 1.55. The Morgan fingerprint density at radius 1 is 0.647 bits per heavy atom. The maximum atomic E-state index is 5.90. The van der Waals surface area contributed by atoms with Crippen molar-refractivity contribution in [2.24, 2.45) is 0 Å². The van der Waals surface area contributed by atoms with Crippen LogP contribution < -0.4 is 21.6 Å². The van der Waals surface area contributed by atoms with Gasteiger partial charge in [-0.1, -0.05) is 13.8 Å². The SMILES string of the molecule is CCC(=[NH2+])CC(=[NH2+])CCCC(=[NH2+])CC(=[NH2+])CC. The van der Waals surface area contributed by atoms with Crippen molar-refractivity contribution in [2.45, 2.75) is 58.8 Å². The smallest absolute Gasteiger partial charge is 0.159 e. The molecule has 0 radical (unpaired) electrons. The summed E-state index contributed by atoms with van der Waals surface area (Å²) >= 11 is 0. The normalized spacial score (nSPS) is 10.0. The van der Waals surface area contributed by atoms with Crippen LogP contribution in [-0.4, -0.2) is 22.8 Å². The average Bonchev–Trinajstić information content (AvgIpc) is 2.28. The largest absolute Gasteiger partial charge is 0.261 e. The van der Waals surface area contributed by atoms with E-state index in [0.29, 0.717) is 0 Å². The minimum atomic E-state index is 0.736. The molecule has 0 aliphatic carbocycles. The van der Waals surface area contributed by atoms with Gasteiger partial charge < -0.3 is 0 Å². The Bertz CT molecular complexity index is 275. The van der Waals surface area contributed by atoms with Crippen LogP contribution in [0.15, 0.2) is 0 Å². The summed E-state index contributed by atoms with van der Waals surface area (Å²) in [6, 6.07) is 0. The van der Waals surface area contributed by atoms with Crippen molar-refractivity contribution in [2.75, 3.05) is 0 Å². The van der Waals surface area contributed by atoms with Crippen molar-refractivity contribution >= 4 is 22.8 Å². The summed E-state index contributed by atoms with van der Waals surface area (Å²) in [4.78, 5) is 0. The van der Waals surface area contributed by atoms with Crippen molar-refractivity contribution in [3.63, 3.8) is 0 Å². The Labute approximate surface area is 104 Å². The zero-order chi connectivity index (χ0) is 13.3. The van der Waals surface area contributed by atoms with Gasteiger partial charge >= 0.3 is 0 Å². The van der Waals surface area contributed by atoms with E-state index in [0.717, 1.165) is 67.8 Å². The maximum Gasteiger partial charge on any atom is 0.159 e. The molecule has 0 aliphatic heterocycles. The second-order valence-corrected chi connectivity index (χ2v) is 4.55. The molecule has 0 aromatic heterocycles. The Balaban J connectivity index is 3.69. The van der Waals surface area contributed by atoms with Gasteiger partial charge in [-0.25, -0.2) is 0 Å². The van der Waals surface area contributed by atoms with E-state index in [2.05, 4.69) is 0 Å². The molecule has 0 aromatic rings. The van der Waals surface area contributed by atoms with Gasteiger partial charge in [0.05, 0.1) is 0 Å². The van der Waals surface area contributed by atoms with Gasteiger partial charge in [0.1, 0.15) is 12.8 Å². The third-order valence-electron chi connectivity index (χ3n) is 2.81. The van der Waals surface area contributed by atoms with Gasteiger partial charge in [0.2, 0.25) is 0 Å². The van der Waals surface area contributed by atoms with E-state index in [1.807, 2.05) is 13.8 Å². The number of hydrogen-bond donors (Lipinski definition) is 4. The molecule has 0 rings (SSSR count). The molecule has 8 N–H and O–H groups in total. The number of nitrogens with two attached hydrogens (primary N) is 4. The van der Waals surface area contributed by atoms with E-state index >= 15 is 0 Å². The van der Waals surface area contributed by atoms with E-state index < -0.39 is 0 Å². The Hall–Kier alpha value is -1.32. The van der Waals surface area contributed by atoms with Crippen LogP contribution in [-0.2, 0) is 0 Å². The molecule has 96 valence electrons. The molecule has 0 bridgehead atoms. The van der Waals surface area contributed by atoms with Crippen molar-refractivity contribution < 1.29 is 21.6 Å². The van der Waals surface area contributed by atoms with E-state index in [-0.39, 0.29) is 0 Å². The van der Waals surface area contributed by atoms with Crippen LogP contribution in [0.1, 0.15) is 58.8 Å². The molecule has 4 nitrogen and oxygen atoms in total. The van der Waals surface area contributed by atoms with Gasteiger partial charge in [0.15, 0.2) is 22.8 Å². The zero-order valence-electron chi connectivity index (χ0n) is 11.3. The highest BCUT2D eigenvalue weighted by atomic mass is 14.5. The van der Waals surface area contributed by atoms with Crippen LogP contribution in [0.25, 0.3) is 0 Å². The minimum Gasteiger partial charge on any atom is -0.261 e. The summed E-state index contributed by atoms with van der Waals surface area (Å²) in [6.07, 6.45) is 5.99. The molecule has 0 aromatic carbocycles. The molecule has 0 unspecified atom stereocenters. The summed E-state index contributed by atoms with van der Waals surface area (Å²) < 4.78 is 0. The fraction of sp³-hybridized carbons (Fsp3) is 0.692. The van der Waals surface area contributed by atoms with Crippen LogP contribution in [0.2, 0.25) is 0 Å². The van der Waals surface area contributed by atoms with Crippen molar-refractivity contribution in [1.29, 1.82) is 0 Å². The first-order valence-corrected chi connectivity index (χ1v) is 6.40. The van der Waals surface area contributed by atoms with Crippen molar-refractivity contribution in [3.05, 3.63) is 0 Å². The second-order valence-electron chi connectivity index (χ2n) is 4.55. The molecule has 0 amide bonds. The summed E-state index contributed by atoms with van der Waals surface area (Å²) in [5, 5.41) is 23.3. The molecule has 0 spiro atoms. The molecule has 0 fully saturated rings. The Kier molecular flexibility index (Phi) is 8.11. The summed E-state index contributed by atoms with van der Waals surface area (Å²) in [6.45, 7) is 4.08. The Morgan fingerprint density at radius 2 is 1.00 bits per heavy atom. The van der Waals surface area contributed by atoms with E-state index in [4.69, 9.17) is 21.6 Å². The lowest BCUT2D eigenvalue weighted by molar-refractivity contribution is -0.127. The van der Waals surface area contributed by atoms with Crippen molar-refractivity contribution in [3.8, 4) is 0 Å². The lowest BCUT2D eigenvalue weighted by Gasteiger charge is -1.97. The molecular weight excluding hydrogens is 212 g/mol. The van der Waals surface area contributed by atoms with Crippen LogP contribution in [0.3, 0.4) is 0 Å². The van der Waals surface area contributed by atoms with Gasteiger partial charge in [-0.2, -0.15) is 0 Å². The third-order valence-corrected chi connectivity index (χ3v) is 2.81. The highest BCUT2D eigenvalue weighted by Gasteiger charge is 2.13. The lowest BCUT2D eigenvalue weighted by atomic mass is 10.0. The topological polar surface area (TPSA) is 102 Å². The monoisotopic (exact) mass is 240 g/mol. The van der Waals surface area contributed by atoms with E-state index in [1.54, 1.807) is 0 Å². The summed E-state index contributed by atoms with van der Waals surface area (Å²) in [5.74, 6) is 0. The third kappa shape index (κ3) is 8.48. The van der Waals surface area contributed by atoms with E-state index in [9.17, 15) is 0 Å². The summed E-state index contributed by atoms with van der Waals surface area (Å²) in [5.41, 5.74) is 3.79. The first-order valence-electron chi connectivity index (χ1n) is 6.40. The fourth-order valence-electron chi connectivity index (χ4n) is 1.55. The van der Waals surface area contributed by atoms with Gasteiger partial charge in [-0.15, -0.1) is 0 Å². The molecule has 0 heterocycles. The van der Waals surface area contributed by atoms with Crippen LogP contribution in [0.5, 0.6) is 0 Å². The average molecular weight is 240 g/mol. The van der Waals surface area contributed by atoms with Gasteiger partial charge in [0.25, 0.3) is 0 Å².